The van der Waals surface area contributed by atoms with Crippen LogP contribution >= 0.6 is 11.3 Å². The molecule has 1 fully saturated rings. The fourth-order valence-corrected chi connectivity index (χ4v) is 5.44. The maximum Gasteiger partial charge on any atom is 0.293 e. The zero-order valence-electron chi connectivity index (χ0n) is 17.0. The first kappa shape index (κ1) is 21.3. The van der Waals surface area contributed by atoms with Crippen molar-refractivity contribution < 1.29 is 19.2 Å². The number of nitro benzene ring substituents is 1. The number of rotatable bonds is 5. The molecule has 2 aliphatic rings. The molecule has 2 aromatic rings. The van der Waals surface area contributed by atoms with Gasteiger partial charge >= 0.3 is 0 Å². The second-order valence-electron chi connectivity index (χ2n) is 7.65. The highest BCUT2D eigenvalue weighted by atomic mass is 32.1. The summed E-state index contributed by atoms with van der Waals surface area (Å²) in [7, 11) is 0. The lowest BCUT2D eigenvalue weighted by molar-refractivity contribution is -0.384. The Bertz CT molecular complexity index is 1030. The summed E-state index contributed by atoms with van der Waals surface area (Å²) in [5.41, 5.74) is 7.41. The highest BCUT2D eigenvalue weighted by Crippen LogP contribution is 2.38. The number of nitrogens with zero attached hydrogens (tertiary/aromatic N) is 2. The number of morpholine rings is 1. The number of amides is 2. The zero-order valence-corrected chi connectivity index (χ0v) is 17.8. The van der Waals surface area contributed by atoms with Gasteiger partial charge in [0.1, 0.15) is 10.7 Å². The maximum absolute atomic E-state index is 12.9. The summed E-state index contributed by atoms with van der Waals surface area (Å²) >= 11 is 1.37. The van der Waals surface area contributed by atoms with Crippen LogP contribution in [0.25, 0.3) is 0 Å². The van der Waals surface area contributed by atoms with Gasteiger partial charge in [-0.3, -0.25) is 19.7 Å². The summed E-state index contributed by atoms with van der Waals surface area (Å²) in [5, 5.41) is 14.9. The number of hydrogen-bond donors (Lipinski definition) is 2. The van der Waals surface area contributed by atoms with Gasteiger partial charge in [0.15, 0.2) is 0 Å². The van der Waals surface area contributed by atoms with E-state index in [0.717, 1.165) is 42.5 Å². The minimum Gasteiger partial charge on any atom is -0.378 e. The molecule has 0 atom stereocenters. The van der Waals surface area contributed by atoms with Crippen molar-refractivity contribution in [2.75, 3.05) is 36.5 Å². The van der Waals surface area contributed by atoms with E-state index in [4.69, 9.17) is 10.5 Å². The van der Waals surface area contributed by atoms with E-state index in [1.165, 1.54) is 17.4 Å². The van der Waals surface area contributed by atoms with Gasteiger partial charge in [0, 0.05) is 29.6 Å². The standard InChI is InChI=1S/C21H24N4O5S/c22-19(26)18-14-4-2-1-3-5-17(14)31-21(18)23-20(27)13-6-7-15(16(12-13)25(28)29)24-8-10-30-11-9-24/h6-7,12H,1-5,8-11H2,(H2,22,26)(H,23,27). The number of nitrogens with two attached hydrogens (primary N) is 1. The zero-order chi connectivity index (χ0) is 22.0. The Balaban J connectivity index is 1.62. The number of anilines is 2. The Hall–Kier alpha value is -2.98. The van der Waals surface area contributed by atoms with E-state index in [2.05, 4.69) is 5.32 Å². The first-order valence-electron chi connectivity index (χ1n) is 10.3. The van der Waals surface area contributed by atoms with E-state index in [1.54, 1.807) is 12.1 Å². The number of aryl methyl sites for hydroxylation is 1. The molecule has 1 saturated heterocycles. The van der Waals surface area contributed by atoms with Gasteiger partial charge in [0.05, 0.1) is 23.7 Å². The average molecular weight is 445 g/mol. The molecule has 4 rings (SSSR count). The molecule has 10 heteroatoms. The van der Waals surface area contributed by atoms with Crippen LogP contribution < -0.4 is 16.0 Å². The lowest BCUT2D eigenvalue weighted by atomic mass is 10.0. The van der Waals surface area contributed by atoms with Crippen LogP contribution in [-0.2, 0) is 17.6 Å². The van der Waals surface area contributed by atoms with Gasteiger partial charge in [0.2, 0.25) is 0 Å². The summed E-state index contributed by atoms with van der Waals surface area (Å²) < 4.78 is 5.31. The fraction of sp³-hybridized carbons (Fsp3) is 0.429. The summed E-state index contributed by atoms with van der Waals surface area (Å²) in [5.74, 6) is -1.07. The lowest BCUT2D eigenvalue weighted by Crippen LogP contribution is -2.36. The van der Waals surface area contributed by atoms with Crippen molar-refractivity contribution in [3.8, 4) is 0 Å². The number of fused-ring (bicyclic) bond motifs is 1. The molecule has 164 valence electrons. The third-order valence-corrected chi connectivity index (χ3v) is 6.89. The molecule has 1 aromatic heterocycles. The van der Waals surface area contributed by atoms with Crippen molar-refractivity contribution in [2.24, 2.45) is 5.73 Å². The summed E-state index contributed by atoms with van der Waals surface area (Å²) in [6.07, 6.45) is 4.73. The van der Waals surface area contributed by atoms with Crippen LogP contribution in [0.2, 0.25) is 0 Å². The van der Waals surface area contributed by atoms with E-state index in [1.807, 2.05) is 4.90 Å². The number of nitrogens with one attached hydrogen (secondary N) is 1. The molecule has 0 bridgehead atoms. The van der Waals surface area contributed by atoms with Crippen LogP contribution in [-0.4, -0.2) is 43.0 Å². The quantitative estimate of drug-likeness (QED) is 0.414. The Morgan fingerprint density at radius 2 is 1.90 bits per heavy atom. The second-order valence-corrected chi connectivity index (χ2v) is 8.75. The number of primary amides is 1. The Morgan fingerprint density at radius 3 is 2.61 bits per heavy atom. The Morgan fingerprint density at radius 1 is 1.16 bits per heavy atom. The molecule has 2 amide bonds. The minimum atomic E-state index is -0.566. The number of benzene rings is 1. The van der Waals surface area contributed by atoms with Gasteiger partial charge in [-0.2, -0.15) is 0 Å². The molecule has 1 aliphatic heterocycles. The van der Waals surface area contributed by atoms with E-state index in [-0.39, 0.29) is 11.3 Å². The van der Waals surface area contributed by atoms with Crippen molar-refractivity contribution in [2.45, 2.75) is 32.1 Å². The average Bonchev–Trinajstić information content (AvgIpc) is 2.94. The molecular formula is C21H24N4O5S. The van der Waals surface area contributed by atoms with Crippen LogP contribution in [0, 0.1) is 10.1 Å². The second kappa shape index (κ2) is 9.03. The number of hydrogen-bond acceptors (Lipinski definition) is 7. The molecule has 31 heavy (non-hydrogen) atoms. The lowest BCUT2D eigenvalue weighted by Gasteiger charge is -2.28. The van der Waals surface area contributed by atoms with Crippen molar-refractivity contribution in [1.29, 1.82) is 0 Å². The summed E-state index contributed by atoms with van der Waals surface area (Å²) in [4.78, 5) is 39.2. The van der Waals surface area contributed by atoms with Crippen LogP contribution in [0.3, 0.4) is 0 Å². The highest BCUT2D eigenvalue weighted by Gasteiger charge is 2.26. The van der Waals surface area contributed by atoms with E-state index < -0.39 is 16.7 Å². The third-order valence-electron chi connectivity index (χ3n) is 5.68. The van der Waals surface area contributed by atoms with Gasteiger partial charge in [-0.15, -0.1) is 11.3 Å². The summed E-state index contributed by atoms with van der Waals surface area (Å²) in [6, 6.07) is 4.44. The predicted octanol–water partition coefficient (Wildman–Crippen LogP) is 3.11. The number of carbonyl (C=O) groups excluding carboxylic acids is 2. The predicted molar refractivity (Wildman–Crippen MR) is 118 cm³/mol. The molecule has 3 N–H and O–H groups in total. The Labute approximate surface area is 183 Å². The topological polar surface area (TPSA) is 128 Å². The van der Waals surface area contributed by atoms with Gasteiger partial charge in [0.25, 0.3) is 17.5 Å². The van der Waals surface area contributed by atoms with Crippen molar-refractivity contribution in [3.63, 3.8) is 0 Å². The van der Waals surface area contributed by atoms with Gasteiger partial charge in [-0.05, 0) is 43.4 Å². The van der Waals surface area contributed by atoms with Crippen molar-refractivity contribution in [1.82, 2.24) is 0 Å². The fourth-order valence-electron chi connectivity index (χ4n) is 4.15. The molecule has 2 heterocycles. The number of thiophene rings is 1. The molecule has 0 spiro atoms. The van der Waals surface area contributed by atoms with Crippen LogP contribution in [0.4, 0.5) is 16.4 Å². The van der Waals surface area contributed by atoms with Gasteiger partial charge in [-0.25, -0.2) is 0 Å². The van der Waals surface area contributed by atoms with Crippen LogP contribution in [0.15, 0.2) is 18.2 Å². The van der Waals surface area contributed by atoms with Crippen LogP contribution in [0.5, 0.6) is 0 Å². The van der Waals surface area contributed by atoms with E-state index in [0.29, 0.717) is 42.6 Å². The molecule has 1 aromatic carbocycles. The number of carbonyl (C=O) groups is 2. The molecular weight excluding hydrogens is 420 g/mol. The molecule has 0 unspecified atom stereocenters. The monoisotopic (exact) mass is 444 g/mol. The third kappa shape index (κ3) is 4.40. The molecule has 9 nitrogen and oxygen atoms in total. The van der Waals surface area contributed by atoms with E-state index >= 15 is 0 Å². The van der Waals surface area contributed by atoms with Crippen molar-refractivity contribution >= 4 is 39.5 Å². The maximum atomic E-state index is 12.9. The SMILES string of the molecule is NC(=O)c1c(NC(=O)c2ccc(N3CCOCC3)c([N+](=O)[O-])c2)sc2c1CCCCC2. The number of nitro groups is 1. The van der Waals surface area contributed by atoms with Crippen LogP contribution in [0.1, 0.15) is 50.4 Å². The largest absolute Gasteiger partial charge is 0.378 e. The molecule has 1 aliphatic carbocycles. The van der Waals surface area contributed by atoms with Gasteiger partial charge < -0.3 is 20.7 Å². The van der Waals surface area contributed by atoms with E-state index in [9.17, 15) is 19.7 Å². The highest BCUT2D eigenvalue weighted by molar-refractivity contribution is 7.17. The first-order valence-corrected chi connectivity index (χ1v) is 11.1. The Kier molecular flexibility index (Phi) is 6.19. The first-order chi connectivity index (χ1) is 15.0. The smallest absolute Gasteiger partial charge is 0.293 e. The van der Waals surface area contributed by atoms with Gasteiger partial charge in [-0.1, -0.05) is 6.42 Å². The summed E-state index contributed by atoms with van der Waals surface area (Å²) in [6.45, 7) is 2.10. The minimum absolute atomic E-state index is 0.133. The van der Waals surface area contributed by atoms with Crippen molar-refractivity contribution in [3.05, 3.63) is 49.9 Å². The normalized spacial score (nSPS) is 16.3. The molecule has 0 saturated carbocycles. The number of ether oxygens (including phenoxy) is 1. The molecule has 0 radical (unpaired) electrons.